The van der Waals surface area contributed by atoms with Crippen molar-refractivity contribution in [1.29, 1.82) is 0 Å². The van der Waals surface area contributed by atoms with E-state index in [9.17, 15) is 49.7 Å². The zero-order valence-corrected chi connectivity index (χ0v) is 38.1. The van der Waals surface area contributed by atoms with Crippen LogP contribution >= 0.6 is 7.82 Å². The first-order valence-electron chi connectivity index (χ1n) is 22.8. The van der Waals surface area contributed by atoms with Crippen molar-refractivity contribution in [2.75, 3.05) is 13.2 Å². The SMILES string of the molecule is CCCCC/C=C\C/C=C\CCCCCCCC(=O)O[C@H](COC(=O)CCC/C=C/C=C\C(O)C/C=C\C/C=C\CCCCC)COP(=O)(O)OC1[C@H](O)[C@H](O)C(O)[C@H](O)[C@H]1O. The molecule has 7 N–H and O–H groups in total. The van der Waals surface area contributed by atoms with E-state index in [-0.39, 0.29) is 12.8 Å². The number of aliphatic hydroxyl groups is 6. The van der Waals surface area contributed by atoms with Crippen LogP contribution in [0.3, 0.4) is 0 Å². The topological polar surface area (TPSA) is 230 Å². The Labute approximate surface area is 370 Å². The summed E-state index contributed by atoms with van der Waals surface area (Å²) in [6.45, 7) is 3.09. The van der Waals surface area contributed by atoms with Gasteiger partial charge in [0, 0.05) is 12.8 Å². The summed E-state index contributed by atoms with van der Waals surface area (Å²) in [7, 11) is -5.16. The zero-order chi connectivity index (χ0) is 45.9. The Morgan fingerprint density at radius 2 is 1.08 bits per heavy atom. The third kappa shape index (κ3) is 28.8. The molecular formula is C47H79O14P. The van der Waals surface area contributed by atoms with Gasteiger partial charge in [-0.05, 0) is 77.0 Å². The average Bonchev–Trinajstić information content (AvgIpc) is 3.25. The van der Waals surface area contributed by atoms with Gasteiger partial charge in [-0.3, -0.25) is 18.6 Å². The minimum atomic E-state index is -5.16. The molecule has 1 saturated carbocycles. The third-order valence-electron chi connectivity index (χ3n) is 10.1. The average molecular weight is 899 g/mol. The summed E-state index contributed by atoms with van der Waals surface area (Å²) < 4.78 is 33.4. The number of carbonyl (C=O) groups excluding carboxylic acids is 2. The van der Waals surface area contributed by atoms with Crippen molar-refractivity contribution in [2.24, 2.45) is 0 Å². The monoisotopic (exact) mass is 899 g/mol. The van der Waals surface area contributed by atoms with E-state index in [2.05, 4.69) is 50.3 Å². The van der Waals surface area contributed by atoms with Crippen molar-refractivity contribution in [3.05, 3.63) is 72.9 Å². The number of allylic oxidation sites excluding steroid dienone is 10. The zero-order valence-electron chi connectivity index (χ0n) is 37.2. The Balaban J connectivity index is 2.57. The Morgan fingerprint density at radius 1 is 0.581 bits per heavy atom. The second kappa shape index (κ2) is 36.6. The molecule has 1 aliphatic carbocycles. The standard InChI is InChI=1S/C47H79O14P/c1-3-5-7-9-11-13-14-15-16-17-18-20-22-26-31-35-41(50)60-39(37-59-62(56,57)61-47-45(54)43(52)42(51)44(53)46(47)55)36-58-40(49)34-30-27-23-25-29-33-38(48)32-28-24-21-19-12-10-8-6-4-2/h11-13,15-16,19,23-25,28-29,33,38-39,42-48,51-55H,3-10,14,17-18,20-22,26-27,30-32,34-37H2,1-2H3,(H,56,57)/b13-11-,16-15-,19-12-,25-23+,28-24-,33-29-/t38?,39-,42?,43-,44+,45-,46-,47?/m1/s1. The van der Waals surface area contributed by atoms with Gasteiger partial charge in [-0.2, -0.15) is 0 Å². The predicted molar refractivity (Wildman–Crippen MR) is 241 cm³/mol. The maximum atomic E-state index is 12.8. The van der Waals surface area contributed by atoms with Gasteiger partial charge in [-0.25, -0.2) is 4.57 Å². The molecule has 1 rings (SSSR count). The Kier molecular flexibility index (Phi) is 33.8. The van der Waals surface area contributed by atoms with Crippen LogP contribution in [0.2, 0.25) is 0 Å². The van der Waals surface area contributed by atoms with E-state index in [0.29, 0.717) is 25.7 Å². The fraction of sp³-hybridized carbons (Fsp3) is 0.702. The van der Waals surface area contributed by atoms with Gasteiger partial charge in [0.1, 0.15) is 43.2 Å². The van der Waals surface area contributed by atoms with Crippen molar-refractivity contribution >= 4 is 19.8 Å². The van der Waals surface area contributed by atoms with Crippen LogP contribution in [0, 0.1) is 0 Å². The quantitative estimate of drug-likeness (QED) is 0.0105. The molecule has 1 fully saturated rings. The molecule has 0 aromatic rings. The Hall–Kier alpha value is -2.75. The molecule has 0 bridgehead atoms. The summed E-state index contributed by atoms with van der Waals surface area (Å²) >= 11 is 0. The largest absolute Gasteiger partial charge is 0.472 e. The highest BCUT2D eigenvalue weighted by Crippen LogP contribution is 2.47. The van der Waals surface area contributed by atoms with Crippen molar-refractivity contribution < 1.29 is 68.2 Å². The van der Waals surface area contributed by atoms with Crippen LogP contribution in [0.25, 0.3) is 0 Å². The lowest BCUT2D eigenvalue weighted by atomic mass is 9.85. The fourth-order valence-electron chi connectivity index (χ4n) is 6.33. The number of phosphoric ester groups is 1. The summed E-state index contributed by atoms with van der Waals surface area (Å²) in [4.78, 5) is 35.7. The molecule has 0 saturated heterocycles. The normalized spacial score (nSPS) is 23.0. The van der Waals surface area contributed by atoms with E-state index in [1.54, 1.807) is 18.2 Å². The van der Waals surface area contributed by atoms with Crippen molar-refractivity contribution in [3.63, 3.8) is 0 Å². The molecule has 62 heavy (non-hydrogen) atoms. The lowest BCUT2D eigenvalue weighted by molar-refractivity contribution is -0.220. The maximum absolute atomic E-state index is 12.8. The summed E-state index contributed by atoms with van der Waals surface area (Å²) in [5.74, 6) is -1.25. The van der Waals surface area contributed by atoms with Crippen LogP contribution in [0.1, 0.15) is 149 Å². The van der Waals surface area contributed by atoms with Crippen LogP contribution in [-0.4, -0.2) is 110 Å². The van der Waals surface area contributed by atoms with E-state index in [1.807, 2.05) is 18.2 Å². The minimum Gasteiger partial charge on any atom is -0.462 e. The smallest absolute Gasteiger partial charge is 0.462 e. The number of phosphoric acid groups is 1. The van der Waals surface area contributed by atoms with Crippen molar-refractivity contribution in [1.82, 2.24) is 0 Å². The Morgan fingerprint density at radius 3 is 1.68 bits per heavy atom. The predicted octanol–water partition coefficient (Wildman–Crippen LogP) is 7.69. The van der Waals surface area contributed by atoms with Crippen LogP contribution in [0.4, 0.5) is 0 Å². The molecule has 356 valence electrons. The molecule has 0 amide bonds. The lowest BCUT2D eigenvalue weighted by Crippen LogP contribution is -2.64. The second-order valence-corrected chi connectivity index (χ2v) is 17.2. The van der Waals surface area contributed by atoms with E-state index in [0.717, 1.165) is 57.8 Å². The van der Waals surface area contributed by atoms with Gasteiger partial charge >= 0.3 is 19.8 Å². The Bertz CT molecular complexity index is 1380. The van der Waals surface area contributed by atoms with Gasteiger partial charge in [-0.15, -0.1) is 0 Å². The van der Waals surface area contributed by atoms with Crippen LogP contribution in [0.15, 0.2) is 72.9 Å². The number of hydrogen-bond donors (Lipinski definition) is 7. The van der Waals surface area contributed by atoms with Crippen LogP contribution < -0.4 is 0 Å². The number of aliphatic hydroxyl groups excluding tert-OH is 6. The molecule has 0 aliphatic heterocycles. The second-order valence-electron chi connectivity index (χ2n) is 15.7. The molecule has 0 aromatic heterocycles. The summed E-state index contributed by atoms with van der Waals surface area (Å²) in [6.07, 6.45) is 28.3. The van der Waals surface area contributed by atoms with E-state index >= 15 is 0 Å². The number of ether oxygens (including phenoxy) is 2. The van der Waals surface area contributed by atoms with Crippen molar-refractivity contribution in [3.8, 4) is 0 Å². The highest BCUT2D eigenvalue weighted by atomic mass is 31.2. The molecule has 0 aromatic carbocycles. The van der Waals surface area contributed by atoms with E-state index in [4.69, 9.17) is 18.5 Å². The number of esters is 2. The van der Waals surface area contributed by atoms with Crippen LogP contribution in [-0.2, 0) is 32.7 Å². The number of rotatable bonds is 36. The molecule has 14 nitrogen and oxygen atoms in total. The van der Waals surface area contributed by atoms with Gasteiger partial charge in [-0.1, -0.05) is 132 Å². The molecule has 0 heterocycles. The first kappa shape index (κ1) is 57.3. The summed E-state index contributed by atoms with van der Waals surface area (Å²) in [5, 5.41) is 60.3. The first-order valence-corrected chi connectivity index (χ1v) is 24.3. The van der Waals surface area contributed by atoms with E-state index in [1.165, 1.54) is 38.5 Å². The van der Waals surface area contributed by atoms with Crippen LogP contribution in [0.5, 0.6) is 0 Å². The van der Waals surface area contributed by atoms with E-state index < -0.39 is 81.8 Å². The van der Waals surface area contributed by atoms with Gasteiger partial charge in [0.25, 0.3) is 0 Å². The summed E-state index contributed by atoms with van der Waals surface area (Å²) in [6, 6.07) is 0. The number of unbranched alkanes of at least 4 members (excludes halogenated alkanes) is 12. The minimum absolute atomic E-state index is 0.0254. The fourth-order valence-corrected chi connectivity index (χ4v) is 7.30. The molecule has 15 heteroatoms. The molecule has 1 aliphatic rings. The number of carbonyl (C=O) groups is 2. The van der Waals surface area contributed by atoms with Gasteiger partial charge in [0.15, 0.2) is 6.10 Å². The number of hydrogen-bond acceptors (Lipinski definition) is 13. The highest BCUT2D eigenvalue weighted by molar-refractivity contribution is 7.47. The molecule has 0 spiro atoms. The summed E-state index contributed by atoms with van der Waals surface area (Å²) in [5.41, 5.74) is 0. The first-order chi connectivity index (χ1) is 29.8. The maximum Gasteiger partial charge on any atom is 0.472 e. The third-order valence-corrected chi connectivity index (χ3v) is 11.1. The van der Waals surface area contributed by atoms with Crippen molar-refractivity contribution in [2.45, 2.75) is 198 Å². The molecule has 9 atom stereocenters. The highest BCUT2D eigenvalue weighted by Gasteiger charge is 2.51. The molecule has 0 radical (unpaired) electrons. The van der Waals surface area contributed by atoms with Gasteiger partial charge in [0.05, 0.1) is 12.7 Å². The van der Waals surface area contributed by atoms with Gasteiger partial charge in [0.2, 0.25) is 0 Å². The lowest BCUT2D eigenvalue weighted by Gasteiger charge is -2.41. The molecule has 4 unspecified atom stereocenters. The molecular weight excluding hydrogens is 819 g/mol. The van der Waals surface area contributed by atoms with Gasteiger partial charge < -0.3 is 45.0 Å².